The van der Waals surface area contributed by atoms with Crippen LogP contribution in [-0.4, -0.2) is 107 Å². The Labute approximate surface area is 237 Å². The number of likely N-dealkylation sites (N-methyl/N-ethyl adjacent to an activating group) is 1. The van der Waals surface area contributed by atoms with Gasteiger partial charge in [0, 0.05) is 24.1 Å². The van der Waals surface area contributed by atoms with Gasteiger partial charge in [-0.15, -0.1) is 0 Å². The number of ether oxygens (including phenoxy) is 1. The number of nitrogens with two attached hydrogens (primary N) is 1. The average Bonchev–Trinajstić information content (AvgIpc) is 2.87. The van der Waals surface area contributed by atoms with E-state index >= 15 is 0 Å². The van der Waals surface area contributed by atoms with Crippen LogP contribution in [0.25, 0.3) is 11.8 Å². The van der Waals surface area contributed by atoms with Gasteiger partial charge in [0.25, 0.3) is 5.91 Å². The van der Waals surface area contributed by atoms with Crippen LogP contribution in [0.15, 0.2) is 35.1 Å². The van der Waals surface area contributed by atoms with Crippen LogP contribution < -0.4 is 5.73 Å². The fourth-order valence-corrected chi connectivity index (χ4v) is 6.18. The molecule has 0 unspecified atom stereocenters. The van der Waals surface area contributed by atoms with Crippen LogP contribution in [0.1, 0.15) is 29.5 Å². The Kier molecular flexibility index (Phi) is 8.12. The largest absolute Gasteiger partial charge is 0.508 e. The van der Waals surface area contributed by atoms with Gasteiger partial charge in [-0.05, 0) is 76.6 Å². The molecule has 0 radical (unpaired) electrons. The molecule has 1 fully saturated rings. The Hall–Kier alpha value is -4.00. The van der Waals surface area contributed by atoms with Crippen molar-refractivity contribution in [3.8, 4) is 5.75 Å². The highest BCUT2D eigenvalue weighted by Crippen LogP contribution is 2.53. The fourth-order valence-electron chi connectivity index (χ4n) is 6.18. The molecule has 1 aromatic rings. The minimum absolute atomic E-state index is 0.0293. The number of amides is 1. The molecule has 1 aromatic carbocycles. The van der Waals surface area contributed by atoms with Gasteiger partial charge >= 0.3 is 5.97 Å². The molecule has 1 saturated carbocycles. The summed E-state index contributed by atoms with van der Waals surface area (Å²) >= 11 is 0. The number of hydrogen-bond donors (Lipinski definition) is 5. The molecule has 0 spiro atoms. The third-order valence-electron chi connectivity index (χ3n) is 8.03. The summed E-state index contributed by atoms with van der Waals surface area (Å²) in [6.07, 6.45) is 3.47. The first kappa shape index (κ1) is 30.0. The summed E-state index contributed by atoms with van der Waals surface area (Å²) in [6.45, 7) is 0.991. The minimum atomic E-state index is -2.70. The summed E-state index contributed by atoms with van der Waals surface area (Å²) in [5.41, 5.74) is 2.42. The number of aliphatic hydroxyl groups excluding tert-OH is 2. The summed E-state index contributed by atoms with van der Waals surface area (Å²) in [6, 6.07) is 1.69. The number of benzene rings is 1. The van der Waals surface area contributed by atoms with Gasteiger partial charge in [-0.1, -0.05) is 6.07 Å². The molecular weight excluding hydrogens is 534 g/mol. The van der Waals surface area contributed by atoms with Crippen molar-refractivity contribution >= 4 is 35.3 Å². The number of hydrogen-bond acceptors (Lipinski definition) is 11. The van der Waals surface area contributed by atoms with Crippen molar-refractivity contribution in [2.24, 2.45) is 17.6 Å². The molecule has 1 amide bonds. The minimum Gasteiger partial charge on any atom is -0.508 e. The molecule has 3 aliphatic rings. The van der Waals surface area contributed by atoms with E-state index < -0.39 is 64.0 Å². The first-order chi connectivity index (χ1) is 19.2. The summed E-state index contributed by atoms with van der Waals surface area (Å²) in [5, 5.41) is 44.5. The highest BCUT2D eigenvalue weighted by Gasteiger charge is 2.64. The number of phenols is 1. The Morgan fingerprint density at radius 1 is 1.15 bits per heavy atom. The summed E-state index contributed by atoms with van der Waals surface area (Å²) < 4.78 is 5.22. The maximum absolute atomic E-state index is 13.9. The number of esters is 1. The molecule has 0 bridgehead atoms. The second-order valence-corrected chi connectivity index (χ2v) is 11.1. The number of carbonyl (C=O) groups excluding carboxylic acids is 4. The van der Waals surface area contributed by atoms with Crippen molar-refractivity contribution in [3.05, 3.63) is 51.8 Å². The van der Waals surface area contributed by atoms with E-state index in [1.807, 2.05) is 19.0 Å². The topological polar surface area (TPSA) is 191 Å². The molecule has 4 rings (SSSR count). The smallest absolute Gasteiger partial charge is 0.330 e. The van der Waals surface area contributed by atoms with E-state index in [0.29, 0.717) is 17.5 Å². The normalized spacial score (nSPS) is 26.0. The van der Waals surface area contributed by atoms with Gasteiger partial charge in [0.1, 0.15) is 22.8 Å². The average molecular weight is 570 g/mol. The molecule has 0 heterocycles. The van der Waals surface area contributed by atoms with Crippen LogP contribution >= 0.6 is 0 Å². The molecule has 0 aromatic heterocycles. The van der Waals surface area contributed by atoms with Crippen LogP contribution in [-0.2, 0) is 30.3 Å². The number of nitrogens with zero attached hydrogens (tertiary/aromatic N) is 2. The van der Waals surface area contributed by atoms with Gasteiger partial charge in [0.05, 0.1) is 18.2 Å². The van der Waals surface area contributed by atoms with Crippen LogP contribution in [0.5, 0.6) is 5.75 Å². The van der Waals surface area contributed by atoms with Crippen LogP contribution in [0.3, 0.4) is 0 Å². The van der Waals surface area contributed by atoms with E-state index in [1.54, 1.807) is 6.07 Å². The molecule has 12 heteroatoms. The first-order valence-corrected chi connectivity index (χ1v) is 13.2. The van der Waals surface area contributed by atoms with Gasteiger partial charge in [-0.3, -0.25) is 19.3 Å². The summed E-state index contributed by atoms with van der Waals surface area (Å²) in [4.78, 5) is 54.8. The second-order valence-electron chi connectivity index (χ2n) is 11.1. The Bertz CT molecular complexity index is 1410. The van der Waals surface area contributed by atoms with Gasteiger partial charge in [0.15, 0.2) is 11.4 Å². The Morgan fingerprint density at radius 3 is 2.44 bits per heavy atom. The number of rotatable bonds is 8. The molecule has 41 heavy (non-hydrogen) atoms. The summed E-state index contributed by atoms with van der Waals surface area (Å²) in [5.74, 6) is -7.73. The monoisotopic (exact) mass is 569 g/mol. The fraction of sp³-hybridized carbons (Fsp3) is 0.448. The van der Waals surface area contributed by atoms with Crippen molar-refractivity contribution in [3.63, 3.8) is 0 Å². The van der Waals surface area contributed by atoms with Crippen LogP contribution in [0, 0.1) is 11.8 Å². The SMILES string of the molecule is CN(C)CCCOC(=O)/C=C/c1ccc(O)c2c1C[C@H]1C[C@H]3[C@H](N(C)C)C(=O)C(C(N)=O)=C(O)[C@@]3(O)C(=O)C1=C2O. The molecular formula is C29H35N3O9. The van der Waals surface area contributed by atoms with E-state index in [1.165, 1.54) is 37.2 Å². The zero-order valence-electron chi connectivity index (χ0n) is 23.4. The predicted octanol–water partition coefficient (Wildman–Crippen LogP) is 0.472. The lowest BCUT2D eigenvalue weighted by atomic mass is 9.57. The zero-order chi connectivity index (χ0) is 30.4. The molecule has 4 atom stereocenters. The molecule has 6 N–H and O–H groups in total. The van der Waals surface area contributed by atoms with Gasteiger partial charge < -0.3 is 35.8 Å². The van der Waals surface area contributed by atoms with Gasteiger partial charge in [-0.25, -0.2) is 4.79 Å². The number of fused-ring (bicyclic) bond motifs is 3. The van der Waals surface area contributed by atoms with Crippen molar-refractivity contribution in [2.75, 3.05) is 41.3 Å². The number of aromatic hydroxyl groups is 1. The van der Waals surface area contributed by atoms with E-state index in [0.717, 1.165) is 6.54 Å². The van der Waals surface area contributed by atoms with Crippen molar-refractivity contribution in [1.29, 1.82) is 0 Å². The number of aliphatic hydroxyl groups is 3. The Morgan fingerprint density at radius 2 is 1.83 bits per heavy atom. The lowest BCUT2D eigenvalue weighted by Gasteiger charge is -2.50. The zero-order valence-corrected chi connectivity index (χ0v) is 23.4. The van der Waals surface area contributed by atoms with Crippen molar-refractivity contribution in [1.82, 2.24) is 9.80 Å². The highest BCUT2D eigenvalue weighted by molar-refractivity contribution is 6.24. The molecule has 0 aliphatic heterocycles. The van der Waals surface area contributed by atoms with Crippen molar-refractivity contribution in [2.45, 2.75) is 30.9 Å². The lowest BCUT2D eigenvalue weighted by molar-refractivity contribution is -0.153. The Balaban J connectivity index is 1.75. The third-order valence-corrected chi connectivity index (χ3v) is 8.03. The number of ketones is 2. The first-order valence-electron chi connectivity index (χ1n) is 13.2. The van der Waals surface area contributed by atoms with Crippen LogP contribution in [0.4, 0.5) is 0 Å². The molecule has 3 aliphatic carbocycles. The molecule has 220 valence electrons. The highest BCUT2D eigenvalue weighted by atomic mass is 16.5. The van der Waals surface area contributed by atoms with E-state index in [-0.39, 0.29) is 36.3 Å². The number of Topliss-reactive ketones (excluding diaryl/α,β-unsaturated/α-hetero) is 2. The number of phenolic OH excluding ortho intramolecular Hbond substituents is 1. The second kappa shape index (κ2) is 11.1. The van der Waals surface area contributed by atoms with E-state index in [9.17, 15) is 39.6 Å². The summed E-state index contributed by atoms with van der Waals surface area (Å²) in [7, 11) is 6.90. The van der Waals surface area contributed by atoms with Crippen molar-refractivity contribution < 1.29 is 44.3 Å². The van der Waals surface area contributed by atoms with Gasteiger partial charge in [-0.2, -0.15) is 0 Å². The maximum Gasteiger partial charge on any atom is 0.330 e. The molecule has 0 saturated heterocycles. The van der Waals surface area contributed by atoms with E-state index in [4.69, 9.17) is 10.5 Å². The van der Waals surface area contributed by atoms with Crippen LogP contribution in [0.2, 0.25) is 0 Å². The number of primary amides is 1. The standard InChI is InChI=1S/C29H35N3O9/c1-31(2)10-5-11-41-19(34)9-7-14-6-8-18(33)21-16(14)12-15-13-17-23(32(3)4)25(36)22(28(30)39)27(38)29(17,40)26(37)20(15)24(21)35/h6-9,15,17,23,33,35,38,40H,5,10-13H2,1-4H3,(H2,30,39)/b9-7+/t15-,17-,23-,29-/m0/s1. The van der Waals surface area contributed by atoms with E-state index in [2.05, 4.69) is 0 Å². The predicted molar refractivity (Wildman–Crippen MR) is 147 cm³/mol. The third kappa shape index (κ3) is 5.03. The van der Waals surface area contributed by atoms with Gasteiger partial charge in [0.2, 0.25) is 5.78 Å². The maximum atomic E-state index is 13.9. The number of carbonyl (C=O) groups is 4. The quantitative estimate of drug-likeness (QED) is 0.127. The molecule has 12 nitrogen and oxygen atoms in total. The lowest BCUT2D eigenvalue weighted by Crippen LogP contribution is -2.65.